The Morgan fingerprint density at radius 3 is 2.00 bits per heavy atom. The fourth-order valence-electron chi connectivity index (χ4n) is 3.78. The number of hydrogen-bond donors (Lipinski definition) is 1. The summed E-state index contributed by atoms with van der Waals surface area (Å²) in [4.78, 5) is 0. The molecule has 25 heavy (non-hydrogen) atoms. The van der Waals surface area contributed by atoms with E-state index in [0.717, 1.165) is 37.7 Å². The van der Waals surface area contributed by atoms with E-state index in [4.69, 9.17) is 8.74 Å². The van der Waals surface area contributed by atoms with Crippen LogP contribution in [0.3, 0.4) is 0 Å². The third-order valence-corrected chi connectivity index (χ3v) is 5.07. The fourth-order valence-corrected chi connectivity index (χ4v) is 4.16. The van der Waals surface area contributed by atoms with Crippen molar-refractivity contribution in [2.24, 2.45) is 0 Å². The molecule has 0 bridgehead atoms. The van der Waals surface area contributed by atoms with Crippen LogP contribution in [0.4, 0.5) is 0 Å². The average Bonchev–Trinajstić information content (AvgIpc) is 2.60. The lowest BCUT2D eigenvalue weighted by atomic mass is 9.89. The second kappa shape index (κ2) is 4.81. The van der Waals surface area contributed by atoms with Crippen LogP contribution in [0.15, 0.2) is 66.7 Å². The molecule has 0 aliphatic heterocycles. The molecule has 5 aromatic rings. The van der Waals surface area contributed by atoms with E-state index in [-0.39, 0.29) is 5.75 Å². The van der Waals surface area contributed by atoms with Crippen molar-refractivity contribution in [1.29, 1.82) is 0 Å². The van der Waals surface area contributed by atoms with E-state index in [9.17, 15) is 8.42 Å². The smallest absolute Gasteiger partial charge is 0.361 e. The van der Waals surface area contributed by atoms with Gasteiger partial charge in [-0.15, -0.1) is 0 Å². The molecule has 1 N–H and O–H groups in total. The molecule has 0 saturated carbocycles. The van der Waals surface area contributed by atoms with E-state index in [2.05, 4.69) is 18.2 Å². The minimum absolute atomic E-state index is 0.123. The molecule has 0 aromatic heterocycles. The van der Waals surface area contributed by atoms with Gasteiger partial charge >= 0.3 is 10.4 Å². The van der Waals surface area contributed by atoms with Crippen LogP contribution in [-0.4, -0.2) is 13.0 Å². The summed E-state index contributed by atoms with van der Waals surface area (Å²) in [7, 11) is -4.59. The highest BCUT2D eigenvalue weighted by Crippen LogP contribution is 2.43. The second-order valence-corrected chi connectivity index (χ2v) is 7.08. The van der Waals surface area contributed by atoms with Gasteiger partial charge in [0.05, 0.1) is 0 Å². The van der Waals surface area contributed by atoms with Crippen LogP contribution in [0.5, 0.6) is 5.75 Å². The molecule has 5 aromatic carbocycles. The van der Waals surface area contributed by atoms with Gasteiger partial charge in [0.15, 0.2) is 5.75 Å². The van der Waals surface area contributed by atoms with Gasteiger partial charge in [-0.05, 0) is 50.5 Å². The first kappa shape index (κ1) is 14.5. The molecule has 0 unspecified atom stereocenters. The minimum Gasteiger partial charge on any atom is -0.361 e. The maximum atomic E-state index is 11.2. The van der Waals surface area contributed by atoms with Crippen molar-refractivity contribution in [2.45, 2.75) is 0 Å². The van der Waals surface area contributed by atoms with E-state index in [1.807, 2.05) is 42.5 Å². The van der Waals surface area contributed by atoms with Crippen molar-refractivity contribution in [3.05, 3.63) is 66.7 Å². The second-order valence-electron chi connectivity index (χ2n) is 6.06. The Morgan fingerprint density at radius 2 is 1.28 bits per heavy atom. The highest BCUT2D eigenvalue weighted by Gasteiger charge is 2.17. The lowest BCUT2D eigenvalue weighted by molar-refractivity contribution is 0.388. The van der Waals surface area contributed by atoms with E-state index < -0.39 is 10.4 Å². The topological polar surface area (TPSA) is 63.6 Å². The van der Waals surface area contributed by atoms with E-state index in [1.54, 1.807) is 6.07 Å². The zero-order chi connectivity index (χ0) is 17.2. The van der Waals surface area contributed by atoms with Gasteiger partial charge in [0.25, 0.3) is 0 Å². The van der Waals surface area contributed by atoms with Gasteiger partial charge in [0.1, 0.15) is 0 Å². The van der Waals surface area contributed by atoms with Gasteiger partial charge in [-0.2, -0.15) is 8.42 Å². The van der Waals surface area contributed by atoms with Crippen molar-refractivity contribution in [3.8, 4) is 5.75 Å². The molecule has 0 aliphatic rings. The van der Waals surface area contributed by atoms with E-state index in [1.165, 1.54) is 0 Å². The lowest BCUT2D eigenvalue weighted by Crippen LogP contribution is -2.07. The first-order valence-corrected chi connectivity index (χ1v) is 9.14. The Bertz CT molecular complexity index is 1390. The largest absolute Gasteiger partial charge is 0.446 e. The standard InChI is InChI=1S/C20H12O4S/c21-25(22,23)24-18-11-10-16-14-6-2-1-5-13(14)15-7-3-4-12-8-9-17(18)20(16)19(12)15/h1-11H,(H,21,22,23). The molecule has 0 aliphatic carbocycles. The summed E-state index contributed by atoms with van der Waals surface area (Å²) in [5.74, 6) is 0.123. The van der Waals surface area contributed by atoms with Crippen LogP contribution in [-0.2, 0) is 10.4 Å². The number of fused-ring (bicyclic) bond motifs is 3. The van der Waals surface area contributed by atoms with Gasteiger partial charge < -0.3 is 4.18 Å². The molecular formula is C20H12O4S. The van der Waals surface area contributed by atoms with E-state index in [0.29, 0.717) is 5.39 Å². The van der Waals surface area contributed by atoms with Gasteiger partial charge in [-0.25, -0.2) is 0 Å². The molecule has 0 fully saturated rings. The van der Waals surface area contributed by atoms with Crippen molar-refractivity contribution < 1.29 is 17.2 Å². The zero-order valence-electron chi connectivity index (χ0n) is 12.9. The highest BCUT2D eigenvalue weighted by molar-refractivity contribution is 7.81. The molecule has 0 saturated heterocycles. The van der Waals surface area contributed by atoms with Crippen LogP contribution in [0.2, 0.25) is 0 Å². The monoisotopic (exact) mass is 348 g/mol. The lowest BCUT2D eigenvalue weighted by Gasteiger charge is -2.16. The first-order valence-electron chi connectivity index (χ1n) is 7.78. The molecular weight excluding hydrogens is 336 g/mol. The van der Waals surface area contributed by atoms with Gasteiger partial charge in [0, 0.05) is 10.8 Å². The van der Waals surface area contributed by atoms with Crippen LogP contribution in [0.25, 0.3) is 43.1 Å². The molecule has 4 nitrogen and oxygen atoms in total. The van der Waals surface area contributed by atoms with Crippen LogP contribution in [0, 0.1) is 0 Å². The Kier molecular flexibility index (Phi) is 2.78. The summed E-state index contributed by atoms with van der Waals surface area (Å²) in [5.41, 5.74) is 0. The predicted molar refractivity (Wildman–Crippen MR) is 99.8 cm³/mol. The van der Waals surface area contributed by atoms with Gasteiger partial charge in [-0.3, -0.25) is 4.55 Å². The summed E-state index contributed by atoms with van der Waals surface area (Å²) in [5, 5.41) is 8.11. The highest BCUT2D eigenvalue weighted by atomic mass is 32.3. The van der Waals surface area contributed by atoms with Crippen LogP contribution in [0.1, 0.15) is 0 Å². The predicted octanol–water partition coefficient (Wildman–Crippen LogP) is 4.92. The van der Waals surface area contributed by atoms with Gasteiger partial charge in [-0.1, -0.05) is 48.5 Å². The number of rotatable bonds is 2. The summed E-state index contributed by atoms with van der Waals surface area (Å²) in [6, 6.07) is 21.5. The normalized spacial score (nSPS) is 12.5. The summed E-state index contributed by atoms with van der Waals surface area (Å²) in [6.07, 6.45) is 0. The molecule has 122 valence electrons. The SMILES string of the molecule is O=S(=O)(O)Oc1ccc2c3ccccc3c3cccc4ccc1c2c43. The third kappa shape index (κ3) is 2.06. The quantitative estimate of drug-likeness (QED) is 0.279. The van der Waals surface area contributed by atoms with Crippen LogP contribution < -0.4 is 4.18 Å². The molecule has 0 radical (unpaired) electrons. The summed E-state index contributed by atoms with van der Waals surface area (Å²) < 4.78 is 36.3. The van der Waals surface area contributed by atoms with E-state index >= 15 is 0 Å². The van der Waals surface area contributed by atoms with Crippen molar-refractivity contribution >= 4 is 53.5 Å². The van der Waals surface area contributed by atoms with Gasteiger partial charge in [0.2, 0.25) is 0 Å². The Labute approximate surface area is 143 Å². The van der Waals surface area contributed by atoms with Crippen molar-refractivity contribution in [3.63, 3.8) is 0 Å². The Balaban J connectivity index is 2.09. The summed E-state index contributed by atoms with van der Waals surface area (Å²) in [6.45, 7) is 0. The molecule has 0 amide bonds. The minimum atomic E-state index is -4.59. The zero-order valence-corrected chi connectivity index (χ0v) is 13.7. The molecule has 0 atom stereocenters. The maximum absolute atomic E-state index is 11.2. The summed E-state index contributed by atoms with van der Waals surface area (Å²) >= 11 is 0. The molecule has 5 rings (SSSR count). The van der Waals surface area contributed by atoms with Crippen molar-refractivity contribution in [2.75, 3.05) is 0 Å². The third-order valence-electron chi connectivity index (χ3n) is 4.68. The number of hydrogen-bond acceptors (Lipinski definition) is 3. The fraction of sp³-hybridized carbons (Fsp3) is 0. The maximum Gasteiger partial charge on any atom is 0.446 e. The Hall–Kier alpha value is -2.89. The first-order chi connectivity index (χ1) is 12.0. The Morgan fingerprint density at radius 1 is 0.640 bits per heavy atom. The van der Waals surface area contributed by atoms with Crippen LogP contribution >= 0.6 is 0 Å². The molecule has 0 heterocycles. The molecule has 0 spiro atoms. The molecule has 5 heteroatoms. The van der Waals surface area contributed by atoms with Crippen molar-refractivity contribution in [1.82, 2.24) is 0 Å². The number of benzene rings is 5. The average molecular weight is 348 g/mol.